The molecule has 1 aromatic carbocycles. The number of hydrogen-bond acceptors (Lipinski definition) is 4. The minimum Gasteiger partial charge on any atom is -0.366 e. The summed E-state index contributed by atoms with van der Waals surface area (Å²) in [5, 5.41) is 15.3. The minimum absolute atomic E-state index is 0.237. The summed E-state index contributed by atoms with van der Waals surface area (Å²) in [5.41, 5.74) is 2.68. The standard InChI is InChI=1S/C19H28N2O4/c1-11(2)9-16(18(23)20-15-7-8-25-19(15)24)21-17(22)14-6-5-12(3)13(4)10-14/h5-6,10-11,15-16,19,24H,7-9H2,1-4H3,(H,20,23)(H,21,22)/t15-,16-,19?/m0/s1. The molecule has 6 nitrogen and oxygen atoms in total. The van der Waals surface area contributed by atoms with Crippen molar-refractivity contribution in [2.45, 2.75) is 58.9 Å². The zero-order valence-corrected chi connectivity index (χ0v) is 15.3. The van der Waals surface area contributed by atoms with Crippen molar-refractivity contribution in [1.82, 2.24) is 10.6 Å². The molecule has 1 aromatic rings. The van der Waals surface area contributed by atoms with Gasteiger partial charge in [-0.2, -0.15) is 0 Å². The zero-order chi connectivity index (χ0) is 18.6. The Hall–Kier alpha value is -1.92. The number of nitrogens with one attached hydrogen (secondary N) is 2. The molecule has 1 aliphatic rings. The molecule has 1 unspecified atom stereocenters. The van der Waals surface area contributed by atoms with Gasteiger partial charge < -0.3 is 20.5 Å². The van der Waals surface area contributed by atoms with E-state index in [9.17, 15) is 14.7 Å². The van der Waals surface area contributed by atoms with Crippen LogP contribution in [0.15, 0.2) is 18.2 Å². The van der Waals surface area contributed by atoms with Gasteiger partial charge in [0.25, 0.3) is 5.91 Å². The molecule has 1 heterocycles. The molecule has 0 radical (unpaired) electrons. The van der Waals surface area contributed by atoms with Crippen molar-refractivity contribution < 1.29 is 19.4 Å². The van der Waals surface area contributed by atoms with Crippen LogP contribution in [0.4, 0.5) is 0 Å². The van der Waals surface area contributed by atoms with E-state index in [-0.39, 0.29) is 17.7 Å². The summed E-state index contributed by atoms with van der Waals surface area (Å²) in [4.78, 5) is 25.1. The van der Waals surface area contributed by atoms with E-state index in [1.807, 2.05) is 39.8 Å². The molecule has 3 N–H and O–H groups in total. The van der Waals surface area contributed by atoms with Crippen LogP contribution in [0.2, 0.25) is 0 Å². The third-order valence-electron chi connectivity index (χ3n) is 4.49. The van der Waals surface area contributed by atoms with Crippen LogP contribution in [-0.4, -0.2) is 41.9 Å². The van der Waals surface area contributed by atoms with Crippen LogP contribution in [-0.2, 0) is 9.53 Å². The summed E-state index contributed by atoms with van der Waals surface area (Å²) in [7, 11) is 0. The van der Waals surface area contributed by atoms with Gasteiger partial charge >= 0.3 is 0 Å². The van der Waals surface area contributed by atoms with Gasteiger partial charge in [-0.1, -0.05) is 19.9 Å². The Morgan fingerprint density at radius 3 is 2.56 bits per heavy atom. The molecular weight excluding hydrogens is 320 g/mol. The lowest BCUT2D eigenvalue weighted by atomic mass is 10.0. The number of carbonyl (C=O) groups is 2. The van der Waals surface area contributed by atoms with Crippen LogP contribution in [0.25, 0.3) is 0 Å². The molecule has 1 saturated heterocycles. The van der Waals surface area contributed by atoms with Crippen molar-refractivity contribution in [3.05, 3.63) is 34.9 Å². The maximum absolute atomic E-state index is 12.6. The van der Waals surface area contributed by atoms with E-state index >= 15 is 0 Å². The first-order chi connectivity index (χ1) is 11.8. The summed E-state index contributed by atoms with van der Waals surface area (Å²) in [6.45, 7) is 8.34. The van der Waals surface area contributed by atoms with E-state index in [0.717, 1.165) is 11.1 Å². The monoisotopic (exact) mass is 348 g/mol. The van der Waals surface area contributed by atoms with Gasteiger partial charge in [0.2, 0.25) is 5.91 Å². The van der Waals surface area contributed by atoms with Gasteiger partial charge in [0.05, 0.1) is 12.6 Å². The zero-order valence-electron chi connectivity index (χ0n) is 15.3. The summed E-state index contributed by atoms with van der Waals surface area (Å²) in [6, 6.07) is 4.40. The van der Waals surface area contributed by atoms with Gasteiger partial charge in [0, 0.05) is 5.56 Å². The predicted octanol–water partition coefficient (Wildman–Crippen LogP) is 1.67. The topological polar surface area (TPSA) is 87.7 Å². The first kappa shape index (κ1) is 19.4. The van der Waals surface area contributed by atoms with E-state index in [4.69, 9.17) is 4.74 Å². The Labute approximate surface area is 149 Å². The number of carbonyl (C=O) groups excluding carboxylic acids is 2. The molecule has 0 spiro atoms. The quantitative estimate of drug-likeness (QED) is 0.730. The number of hydrogen-bond donors (Lipinski definition) is 3. The highest BCUT2D eigenvalue weighted by Crippen LogP contribution is 2.14. The fraction of sp³-hybridized carbons (Fsp3) is 0.579. The molecular formula is C19H28N2O4. The van der Waals surface area contributed by atoms with Gasteiger partial charge in [-0.05, 0) is 55.9 Å². The predicted molar refractivity (Wildman–Crippen MR) is 95.1 cm³/mol. The van der Waals surface area contributed by atoms with Gasteiger partial charge in [0.1, 0.15) is 6.04 Å². The molecule has 2 amide bonds. The third-order valence-corrected chi connectivity index (χ3v) is 4.49. The lowest BCUT2D eigenvalue weighted by molar-refractivity contribution is -0.127. The summed E-state index contributed by atoms with van der Waals surface area (Å²) in [5.74, 6) is -0.326. The average molecular weight is 348 g/mol. The Balaban J connectivity index is 2.06. The highest BCUT2D eigenvalue weighted by Gasteiger charge is 2.31. The summed E-state index contributed by atoms with van der Waals surface area (Å²) in [6.07, 6.45) is 0.0949. The Kier molecular flexibility index (Phi) is 6.56. The number of benzene rings is 1. The van der Waals surface area contributed by atoms with Crippen LogP contribution in [0, 0.1) is 19.8 Å². The summed E-state index contributed by atoms with van der Waals surface area (Å²) >= 11 is 0. The van der Waals surface area contributed by atoms with Crippen LogP contribution >= 0.6 is 0 Å². The fourth-order valence-corrected chi connectivity index (χ4v) is 2.83. The van der Waals surface area contributed by atoms with Crippen molar-refractivity contribution in [2.75, 3.05) is 6.61 Å². The maximum Gasteiger partial charge on any atom is 0.251 e. The highest BCUT2D eigenvalue weighted by atomic mass is 16.6. The highest BCUT2D eigenvalue weighted by molar-refractivity contribution is 5.97. The molecule has 3 atom stereocenters. The number of rotatable bonds is 6. The first-order valence-electron chi connectivity index (χ1n) is 8.76. The molecule has 0 bridgehead atoms. The van der Waals surface area contributed by atoms with Crippen molar-refractivity contribution in [3.63, 3.8) is 0 Å². The molecule has 0 aliphatic carbocycles. The Bertz CT molecular complexity index is 630. The maximum atomic E-state index is 12.6. The van der Waals surface area contributed by atoms with Gasteiger partial charge in [-0.15, -0.1) is 0 Å². The second-order valence-corrected chi connectivity index (χ2v) is 7.12. The molecule has 2 rings (SSSR count). The normalized spacial score (nSPS) is 21.2. The van der Waals surface area contributed by atoms with E-state index in [0.29, 0.717) is 25.0 Å². The van der Waals surface area contributed by atoms with Crippen molar-refractivity contribution in [1.29, 1.82) is 0 Å². The summed E-state index contributed by atoms with van der Waals surface area (Å²) < 4.78 is 5.06. The number of ether oxygens (including phenoxy) is 1. The van der Waals surface area contributed by atoms with Crippen LogP contribution in [0.1, 0.15) is 48.2 Å². The van der Waals surface area contributed by atoms with Crippen molar-refractivity contribution in [3.8, 4) is 0 Å². The van der Waals surface area contributed by atoms with E-state index in [1.165, 1.54) is 0 Å². The number of aliphatic hydroxyl groups is 1. The first-order valence-corrected chi connectivity index (χ1v) is 8.76. The van der Waals surface area contributed by atoms with Gasteiger partial charge in [-0.3, -0.25) is 9.59 Å². The molecule has 1 fully saturated rings. The smallest absolute Gasteiger partial charge is 0.251 e. The largest absolute Gasteiger partial charge is 0.366 e. The van der Waals surface area contributed by atoms with Gasteiger partial charge in [0.15, 0.2) is 6.29 Å². The van der Waals surface area contributed by atoms with Crippen molar-refractivity contribution in [2.24, 2.45) is 5.92 Å². The van der Waals surface area contributed by atoms with Crippen molar-refractivity contribution >= 4 is 11.8 Å². The molecule has 6 heteroatoms. The molecule has 138 valence electrons. The van der Waals surface area contributed by atoms with E-state index < -0.39 is 18.4 Å². The van der Waals surface area contributed by atoms with E-state index in [2.05, 4.69) is 10.6 Å². The second kappa shape index (κ2) is 8.45. The Morgan fingerprint density at radius 1 is 1.28 bits per heavy atom. The minimum atomic E-state index is -0.987. The fourth-order valence-electron chi connectivity index (χ4n) is 2.83. The molecule has 25 heavy (non-hydrogen) atoms. The van der Waals surface area contributed by atoms with Crippen LogP contribution < -0.4 is 10.6 Å². The molecule has 1 aliphatic heterocycles. The second-order valence-electron chi connectivity index (χ2n) is 7.12. The number of aliphatic hydroxyl groups excluding tert-OH is 1. The lowest BCUT2D eigenvalue weighted by Crippen LogP contribution is -2.51. The number of amides is 2. The lowest BCUT2D eigenvalue weighted by Gasteiger charge is -2.23. The van der Waals surface area contributed by atoms with E-state index in [1.54, 1.807) is 6.07 Å². The SMILES string of the molecule is Cc1ccc(C(=O)N[C@@H](CC(C)C)C(=O)N[C@H]2CCOC2O)cc1C. The Morgan fingerprint density at radius 2 is 2.00 bits per heavy atom. The third kappa shape index (κ3) is 5.28. The van der Waals surface area contributed by atoms with Crippen LogP contribution in [0.5, 0.6) is 0 Å². The molecule has 0 aromatic heterocycles. The number of aryl methyl sites for hydroxylation is 2. The van der Waals surface area contributed by atoms with Crippen LogP contribution in [0.3, 0.4) is 0 Å². The van der Waals surface area contributed by atoms with Gasteiger partial charge in [-0.25, -0.2) is 0 Å². The molecule has 0 saturated carbocycles. The average Bonchev–Trinajstić information content (AvgIpc) is 2.93.